The zero-order chi connectivity index (χ0) is 13.0. The highest BCUT2D eigenvalue weighted by atomic mass is 15.2. The molecule has 1 fully saturated rings. The second-order valence-corrected chi connectivity index (χ2v) is 5.56. The third-order valence-electron chi connectivity index (χ3n) is 3.84. The predicted octanol–water partition coefficient (Wildman–Crippen LogP) is 1.98. The predicted molar refractivity (Wildman–Crippen MR) is 78.0 cm³/mol. The summed E-state index contributed by atoms with van der Waals surface area (Å²) in [6.07, 6.45) is 0. The molecule has 0 bridgehead atoms. The fourth-order valence-corrected chi connectivity index (χ4v) is 2.82. The smallest absolute Gasteiger partial charge is 0.0340 e. The Bertz CT molecular complexity index is 350. The molecule has 3 nitrogen and oxygen atoms in total. The third-order valence-corrected chi connectivity index (χ3v) is 3.84. The standard InChI is InChI=1S/C15H25N3/c1-13-11-18(12-15(13)17(2)3)10-9-16-14-7-5-4-6-8-14/h4-8,13,15-16H,9-12H2,1-3H3. The highest BCUT2D eigenvalue weighted by molar-refractivity contribution is 5.42. The van der Waals surface area contributed by atoms with Gasteiger partial charge >= 0.3 is 0 Å². The molecular weight excluding hydrogens is 222 g/mol. The molecular formula is C15H25N3. The lowest BCUT2D eigenvalue weighted by Gasteiger charge is -2.22. The molecule has 1 aliphatic rings. The molecule has 2 atom stereocenters. The van der Waals surface area contributed by atoms with Crippen molar-refractivity contribution in [2.45, 2.75) is 13.0 Å². The van der Waals surface area contributed by atoms with Gasteiger partial charge in [0.25, 0.3) is 0 Å². The van der Waals surface area contributed by atoms with Crippen molar-refractivity contribution < 1.29 is 0 Å². The number of likely N-dealkylation sites (tertiary alicyclic amines) is 1. The molecule has 1 aromatic carbocycles. The first-order chi connectivity index (χ1) is 8.66. The second-order valence-electron chi connectivity index (χ2n) is 5.56. The minimum Gasteiger partial charge on any atom is -0.384 e. The van der Waals surface area contributed by atoms with Crippen molar-refractivity contribution in [3.63, 3.8) is 0 Å². The highest BCUT2D eigenvalue weighted by Crippen LogP contribution is 2.19. The van der Waals surface area contributed by atoms with Gasteiger partial charge in [-0.3, -0.25) is 4.90 Å². The normalized spacial score (nSPS) is 24.7. The summed E-state index contributed by atoms with van der Waals surface area (Å²) in [7, 11) is 4.37. The lowest BCUT2D eigenvalue weighted by Crippen LogP contribution is -2.35. The first kappa shape index (κ1) is 13.4. The number of nitrogens with zero attached hydrogens (tertiary/aromatic N) is 2. The molecule has 2 rings (SSSR count). The number of nitrogens with one attached hydrogen (secondary N) is 1. The topological polar surface area (TPSA) is 18.5 Å². The average Bonchev–Trinajstić information content (AvgIpc) is 2.72. The van der Waals surface area contributed by atoms with Gasteiger partial charge in [-0.25, -0.2) is 0 Å². The second kappa shape index (κ2) is 6.21. The Morgan fingerprint density at radius 2 is 1.94 bits per heavy atom. The fraction of sp³-hybridized carbons (Fsp3) is 0.600. The summed E-state index contributed by atoms with van der Waals surface area (Å²) in [6.45, 7) is 6.93. The van der Waals surface area contributed by atoms with Crippen molar-refractivity contribution in [3.8, 4) is 0 Å². The van der Waals surface area contributed by atoms with Crippen LogP contribution < -0.4 is 5.32 Å². The van der Waals surface area contributed by atoms with Crippen LogP contribution in [-0.4, -0.2) is 56.1 Å². The summed E-state index contributed by atoms with van der Waals surface area (Å²) in [5, 5.41) is 3.48. The van der Waals surface area contributed by atoms with E-state index in [1.165, 1.54) is 18.8 Å². The first-order valence-corrected chi connectivity index (χ1v) is 6.84. The zero-order valence-electron chi connectivity index (χ0n) is 11.8. The van der Waals surface area contributed by atoms with E-state index in [-0.39, 0.29) is 0 Å². The molecule has 1 N–H and O–H groups in total. The molecule has 1 saturated heterocycles. The number of rotatable bonds is 5. The van der Waals surface area contributed by atoms with Crippen LogP contribution in [0.15, 0.2) is 30.3 Å². The van der Waals surface area contributed by atoms with Gasteiger partial charge in [0.05, 0.1) is 0 Å². The first-order valence-electron chi connectivity index (χ1n) is 6.84. The Kier molecular flexibility index (Phi) is 4.61. The Balaban J connectivity index is 1.72. The Hall–Kier alpha value is -1.06. The van der Waals surface area contributed by atoms with Crippen molar-refractivity contribution in [2.24, 2.45) is 5.92 Å². The van der Waals surface area contributed by atoms with E-state index in [4.69, 9.17) is 0 Å². The maximum absolute atomic E-state index is 3.48. The lowest BCUT2D eigenvalue weighted by molar-refractivity contribution is 0.254. The van der Waals surface area contributed by atoms with Gasteiger partial charge in [-0.15, -0.1) is 0 Å². The van der Waals surface area contributed by atoms with Gasteiger partial charge in [0, 0.05) is 37.9 Å². The maximum Gasteiger partial charge on any atom is 0.0340 e. The molecule has 0 radical (unpaired) electrons. The highest BCUT2D eigenvalue weighted by Gasteiger charge is 2.30. The number of hydrogen-bond acceptors (Lipinski definition) is 3. The number of anilines is 1. The van der Waals surface area contributed by atoms with Gasteiger partial charge in [-0.2, -0.15) is 0 Å². The molecule has 2 unspecified atom stereocenters. The number of benzene rings is 1. The average molecular weight is 247 g/mol. The summed E-state index contributed by atoms with van der Waals surface area (Å²) >= 11 is 0. The minimum absolute atomic E-state index is 0.710. The van der Waals surface area contributed by atoms with Crippen molar-refractivity contribution in [3.05, 3.63) is 30.3 Å². The zero-order valence-corrected chi connectivity index (χ0v) is 11.8. The molecule has 0 aliphatic carbocycles. The van der Waals surface area contributed by atoms with Crippen LogP contribution in [0, 0.1) is 5.92 Å². The molecule has 100 valence electrons. The Morgan fingerprint density at radius 3 is 2.56 bits per heavy atom. The number of hydrogen-bond donors (Lipinski definition) is 1. The molecule has 0 saturated carbocycles. The van der Waals surface area contributed by atoms with Crippen LogP contribution in [0.25, 0.3) is 0 Å². The van der Waals surface area contributed by atoms with E-state index in [2.05, 4.69) is 66.5 Å². The van der Waals surface area contributed by atoms with Crippen molar-refractivity contribution in [1.29, 1.82) is 0 Å². The van der Waals surface area contributed by atoms with Gasteiger partial charge in [-0.05, 0) is 32.1 Å². The van der Waals surface area contributed by atoms with E-state index in [0.717, 1.165) is 19.0 Å². The summed E-state index contributed by atoms with van der Waals surface area (Å²) in [4.78, 5) is 4.92. The molecule has 3 heteroatoms. The molecule has 0 spiro atoms. The molecule has 1 aromatic rings. The summed E-state index contributed by atoms with van der Waals surface area (Å²) in [5.74, 6) is 0.775. The van der Waals surface area contributed by atoms with E-state index in [1.807, 2.05) is 0 Å². The van der Waals surface area contributed by atoms with Crippen LogP contribution in [0.4, 0.5) is 5.69 Å². The van der Waals surface area contributed by atoms with E-state index < -0.39 is 0 Å². The monoisotopic (exact) mass is 247 g/mol. The minimum atomic E-state index is 0.710. The van der Waals surface area contributed by atoms with Crippen LogP contribution in [0.5, 0.6) is 0 Å². The molecule has 0 aromatic heterocycles. The van der Waals surface area contributed by atoms with E-state index >= 15 is 0 Å². The quantitative estimate of drug-likeness (QED) is 0.858. The molecule has 1 heterocycles. The third kappa shape index (κ3) is 3.47. The summed E-state index contributed by atoms with van der Waals surface area (Å²) in [5.41, 5.74) is 1.22. The van der Waals surface area contributed by atoms with Gasteiger partial charge in [-0.1, -0.05) is 25.1 Å². The largest absolute Gasteiger partial charge is 0.384 e. The van der Waals surface area contributed by atoms with Gasteiger partial charge in [0.1, 0.15) is 0 Å². The van der Waals surface area contributed by atoms with E-state index in [9.17, 15) is 0 Å². The van der Waals surface area contributed by atoms with Gasteiger partial charge in [0.15, 0.2) is 0 Å². The fourth-order valence-electron chi connectivity index (χ4n) is 2.82. The van der Waals surface area contributed by atoms with Gasteiger partial charge < -0.3 is 10.2 Å². The summed E-state index contributed by atoms with van der Waals surface area (Å²) < 4.78 is 0. The molecule has 18 heavy (non-hydrogen) atoms. The Morgan fingerprint density at radius 1 is 1.22 bits per heavy atom. The molecule has 0 amide bonds. The Labute approximate surface area is 111 Å². The number of para-hydroxylation sites is 1. The van der Waals surface area contributed by atoms with Crippen LogP contribution in [0.3, 0.4) is 0 Å². The van der Waals surface area contributed by atoms with Crippen molar-refractivity contribution in [2.75, 3.05) is 45.6 Å². The molecule has 1 aliphatic heterocycles. The van der Waals surface area contributed by atoms with Crippen LogP contribution in [0.1, 0.15) is 6.92 Å². The lowest BCUT2D eigenvalue weighted by atomic mass is 10.1. The maximum atomic E-state index is 3.48. The van der Waals surface area contributed by atoms with Gasteiger partial charge in [0.2, 0.25) is 0 Å². The SMILES string of the molecule is CC1CN(CCNc2ccccc2)CC1N(C)C. The van der Waals surface area contributed by atoms with E-state index in [0.29, 0.717) is 6.04 Å². The van der Waals surface area contributed by atoms with Crippen LogP contribution >= 0.6 is 0 Å². The summed E-state index contributed by atoms with van der Waals surface area (Å²) in [6, 6.07) is 11.1. The van der Waals surface area contributed by atoms with Crippen molar-refractivity contribution in [1.82, 2.24) is 9.80 Å². The van der Waals surface area contributed by atoms with Crippen LogP contribution in [-0.2, 0) is 0 Å². The van der Waals surface area contributed by atoms with Crippen molar-refractivity contribution >= 4 is 5.69 Å². The van der Waals surface area contributed by atoms with E-state index in [1.54, 1.807) is 0 Å². The number of likely N-dealkylation sites (N-methyl/N-ethyl adjacent to an activating group) is 1. The van der Waals surface area contributed by atoms with Crippen LogP contribution in [0.2, 0.25) is 0 Å².